The number of hydrogen-bond acceptors (Lipinski definition) is 5. The van der Waals surface area contributed by atoms with Gasteiger partial charge >= 0.3 is 6.18 Å². The van der Waals surface area contributed by atoms with Gasteiger partial charge in [-0.25, -0.2) is 0 Å². The van der Waals surface area contributed by atoms with Gasteiger partial charge in [-0.05, 0) is 42.8 Å². The van der Waals surface area contributed by atoms with Gasteiger partial charge in [0.2, 0.25) is 5.91 Å². The Labute approximate surface area is 197 Å². The number of amides is 1. The maximum atomic E-state index is 12.8. The number of carbonyl (C=O) groups excluding carboxylic acids is 1. The SMILES string of the molecule is C=CCn1c(COc2cc(C)ccc2Cl)nnc1SCC(=O)Nc1cccc(C(F)(F)F)c1. The molecule has 0 aliphatic heterocycles. The van der Waals surface area contributed by atoms with Crippen LogP contribution < -0.4 is 10.1 Å². The topological polar surface area (TPSA) is 69.0 Å². The minimum atomic E-state index is -4.49. The first-order chi connectivity index (χ1) is 15.7. The van der Waals surface area contributed by atoms with Crippen LogP contribution >= 0.6 is 23.4 Å². The van der Waals surface area contributed by atoms with Crippen LogP contribution in [-0.2, 0) is 24.1 Å². The highest BCUT2D eigenvalue weighted by Gasteiger charge is 2.30. The number of carbonyl (C=O) groups is 1. The largest absolute Gasteiger partial charge is 0.484 e. The van der Waals surface area contributed by atoms with Crippen molar-refractivity contribution < 1.29 is 22.7 Å². The van der Waals surface area contributed by atoms with Crippen molar-refractivity contribution in [1.29, 1.82) is 0 Å². The highest BCUT2D eigenvalue weighted by Crippen LogP contribution is 2.31. The zero-order chi connectivity index (χ0) is 24.0. The molecule has 1 N–H and O–H groups in total. The number of anilines is 1. The number of alkyl halides is 3. The number of aromatic nitrogens is 3. The molecule has 0 spiro atoms. The quantitative estimate of drug-likeness (QED) is 0.301. The van der Waals surface area contributed by atoms with Crippen molar-refractivity contribution in [1.82, 2.24) is 14.8 Å². The molecule has 1 aromatic heterocycles. The number of allylic oxidation sites excluding steroid dienone is 1. The molecule has 0 aliphatic carbocycles. The van der Waals surface area contributed by atoms with E-state index in [1.807, 2.05) is 19.1 Å². The fourth-order valence-electron chi connectivity index (χ4n) is 2.81. The lowest BCUT2D eigenvalue weighted by molar-refractivity contribution is -0.137. The van der Waals surface area contributed by atoms with Gasteiger partial charge in [0.25, 0.3) is 0 Å². The van der Waals surface area contributed by atoms with E-state index in [2.05, 4.69) is 22.1 Å². The minimum absolute atomic E-state index is 0.0621. The van der Waals surface area contributed by atoms with Gasteiger partial charge in [-0.3, -0.25) is 9.36 Å². The van der Waals surface area contributed by atoms with E-state index in [0.29, 0.717) is 28.3 Å². The molecule has 0 bridgehead atoms. The Kier molecular flexibility index (Phi) is 8.04. The third kappa shape index (κ3) is 6.75. The van der Waals surface area contributed by atoms with Crippen LogP contribution in [0.1, 0.15) is 17.0 Å². The summed E-state index contributed by atoms with van der Waals surface area (Å²) >= 11 is 7.26. The summed E-state index contributed by atoms with van der Waals surface area (Å²) in [5, 5.41) is 11.6. The molecule has 0 radical (unpaired) electrons. The molecular formula is C22H20ClF3N4O2S. The molecule has 3 aromatic rings. The van der Waals surface area contributed by atoms with Crippen LogP contribution in [0, 0.1) is 6.92 Å². The van der Waals surface area contributed by atoms with Gasteiger partial charge in [0.15, 0.2) is 11.0 Å². The second-order valence-corrected chi connectivity index (χ2v) is 8.29. The van der Waals surface area contributed by atoms with Crippen molar-refractivity contribution >= 4 is 35.0 Å². The molecule has 0 fully saturated rings. The number of nitrogens with one attached hydrogen (secondary N) is 1. The zero-order valence-corrected chi connectivity index (χ0v) is 19.1. The highest BCUT2D eigenvalue weighted by atomic mass is 35.5. The Bertz CT molecular complexity index is 1150. The molecule has 33 heavy (non-hydrogen) atoms. The predicted molar refractivity (Wildman–Crippen MR) is 122 cm³/mol. The van der Waals surface area contributed by atoms with Crippen molar-refractivity contribution in [3.63, 3.8) is 0 Å². The summed E-state index contributed by atoms with van der Waals surface area (Å²) < 4.78 is 46.1. The van der Waals surface area contributed by atoms with Gasteiger partial charge in [0.1, 0.15) is 12.4 Å². The average molecular weight is 497 g/mol. The maximum absolute atomic E-state index is 12.8. The van der Waals surface area contributed by atoms with Crippen molar-refractivity contribution in [3.05, 3.63) is 77.1 Å². The molecule has 11 heteroatoms. The predicted octanol–water partition coefficient (Wildman–Crippen LogP) is 5.75. The summed E-state index contributed by atoms with van der Waals surface area (Å²) in [6.07, 6.45) is -2.84. The Balaban J connectivity index is 1.64. The van der Waals surface area contributed by atoms with Gasteiger partial charge in [0, 0.05) is 12.2 Å². The van der Waals surface area contributed by atoms with Crippen LogP contribution in [0.4, 0.5) is 18.9 Å². The van der Waals surface area contributed by atoms with Crippen molar-refractivity contribution in [2.24, 2.45) is 0 Å². The van der Waals surface area contributed by atoms with E-state index in [-0.39, 0.29) is 18.0 Å². The summed E-state index contributed by atoms with van der Waals surface area (Å²) in [5.74, 6) is 0.473. The molecule has 1 heterocycles. The average Bonchev–Trinajstić information content (AvgIpc) is 3.14. The molecule has 1 amide bonds. The van der Waals surface area contributed by atoms with Crippen LogP contribution in [0.15, 0.2) is 60.3 Å². The molecule has 0 unspecified atom stereocenters. The Morgan fingerprint density at radius 2 is 2.06 bits per heavy atom. The Morgan fingerprint density at radius 1 is 1.27 bits per heavy atom. The third-order valence-corrected chi connectivity index (χ3v) is 5.63. The van der Waals surface area contributed by atoms with Gasteiger partial charge in [-0.2, -0.15) is 13.2 Å². The van der Waals surface area contributed by atoms with E-state index in [9.17, 15) is 18.0 Å². The van der Waals surface area contributed by atoms with E-state index in [1.54, 1.807) is 16.7 Å². The van der Waals surface area contributed by atoms with Crippen LogP contribution in [0.2, 0.25) is 5.02 Å². The minimum Gasteiger partial charge on any atom is -0.484 e. The number of aryl methyl sites for hydroxylation is 1. The molecule has 0 atom stereocenters. The normalized spacial score (nSPS) is 11.3. The number of hydrogen-bond donors (Lipinski definition) is 1. The van der Waals surface area contributed by atoms with Gasteiger partial charge in [-0.1, -0.05) is 41.6 Å². The summed E-state index contributed by atoms with van der Waals surface area (Å²) in [7, 11) is 0. The van der Waals surface area contributed by atoms with Crippen LogP contribution in [0.25, 0.3) is 0 Å². The molecule has 0 saturated carbocycles. The van der Waals surface area contributed by atoms with Gasteiger partial charge < -0.3 is 10.1 Å². The summed E-state index contributed by atoms with van der Waals surface area (Å²) in [6.45, 7) is 6.12. The van der Waals surface area contributed by atoms with E-state index >= 15 is 0 Å². The first-order valence-electron chi connectivity index (χ1n) is 9.69. The summed E-state index contributed by atoms with van der Waals surface area (Å²) in [6, 6.07) is 9.87. The van der Waals surface area contributed by atoms with E-state index in [4.69, 9.17) is 16.3 Å². The molecule has 174 valence electrons. The fraction of sp³-hybridized carbons (Fsp3) is 0.227. The molecule has 2 aromatic carbocycles. The van der Waals surface area contributed by atoms with E-state index in [0.717, 1.165) is 29.5 Å². The monoisotopic (exact) mass is 496 g/mol. The third-order valence-electron chi connectivity index (χ3n) is 4.35. The van der Waals surface area contributed by atoms with Crippen molar-refractivity contribution in [2.45, 2.75) is 31.4 Å². The standard InChI is InChI=1S/C22H20ClF3N4O2S/c1-3-9-30-19(12-32-18-10-14(2)7-8-17(18)23)28-29-21(30)33-13-20(31)27-16-6-4-5-15(11-16)22(24,25)26/h3-8,10-11H,1,9,12-13H2,2H3,(H,27,31). The molecule has 0 saturated heterocycles. The second kappa shape index (κ2) is 10.8. The van der Waals surface area contributed by atoms with Crippen molar-refractivity contribution in [3.8, 4) is 5.75 Å². The first kappa shape index (κ1) is 24.7. The molecular weight excluding hydrogens is 477 g/mol. The zero-order valence-electron chi connectivity index (χ0n) is 17.5. The fourth-order valence-corrected chi connectivity index (χ4v) is 3.75. The number of halogens is 4. The Hall–Kier alpha value is -2.98. The van der Waals surface area contributed by atoms with E-state index in [1.165, 1.54) is 12.1 Å². The number of benzene rings is 2. The van der Waals surface area contributed by atoms with Crippen LogP contribution in [-0.4, -0.2) is 26.4 Å². The molecule has 0 aliphatic rings. The van der Waals surface area contributed by atoms with Crippen molar-refractivity contribution in [2.75, 3.05) is 11.1 Å². The van der Waals surface area contributed by atoms with Crippen LogP contribution in [0.5, 0.6) is 5.75 Å². The summed E-state index contributed by atoms with van der Waals surface area (Å²) in [5.41, 5.74) is 0.217. The number of nitrogens with zero attached hydrogens (tertiary/aromatic N) is 3. The maximum Gasteiger partial charge on any atom is 0.416 e. The summed E-state index contributed by atoms with van der Waals surface area (Å²) in [4.78, 5) is 12.3. The smallest absolute Gasteiger partial charge is 0.416 e. The van der Waals surface area contributed by atoms with Gasteiger partial charge in [-0.15, -0.1) is 16.8 Å². The number of ether oxygens (including phenoxy) is 1. The lowest BCUT2D eigenvalue weighted by Crippen LogP contribution is -2.15. The lowest BCUT2D eigenvalue weighted by atomic mass is 10.2. The molecule has 3 rings (SSSR count). The van der Waals surface area contributed by atoms with Gasteiger partial charge in [0.05, 0.1) is 16.3 Å². The van der Waals surface area contributed by atoms with Crippen LogP contribution in [0.3, 0.4) is 0 Å². The number of thioether (sulfide) groups is 1. The molecule has 6 nitrogen and oxygen atoms in total. The lowest BCUT2D eigenvalue weighted by Gasteiger charge is -2.11. The second-order valence-electron chi connectivity index (χ2n) is 6.94. The highest BCUT2D eigenvalue weighted by molar-refractivity contribution is 7.99. The Morgan fingerprint density at radius 3 is 2.79 bits per heavy atom. The first-order valence-corrected chi connectivity index (χ1v) is 11.1. The van der Waals surface area contributed by atoms with E-state index < -0.39 is 17.6 Å². The number of rotatable bonds is 9.